The highest BCUT2D eigenvalue weighted by atomic mass is 32.2. The number of benzene rings is 2. The molecule has 0 radical (unpaired) electrons. The van der Waals surface area contributed by atoms with Gasteiger partial charge in [-0.05, 0) is 36.8 Å². The summed E-state index contributed by atoms with van der Waals surface area (Å²) < 4.78 is 40.1. The van der Waals surface area contributed by atoms with Crippen molar-refractivity contribution < 1.29 is 27.2 Å². The van der Waals surface area contributed by atoms with Gasteiger partial charge in [0.05, 0.1) is 17.9 Å². The zero-order chi connectivity index (χ0) is 23.3. The Morgan fingerprint density at radius 2 is 1.66 bits per heavy atom. The summed E-state index contributed by atoms with van der Waals surface area (Å²) in [5, 5.41) is 2.52. The first kappa shape index (κ1) is 23.6. The molecule has 8 nitrogen and oxygen atoms in total. The van der Waals surface area contributed by atoms with Crippen molar-refractivity contribution >= 4 is 27.6 Å². The zero-order valence-corrected chi connectivity index (χ0v) is 18.4. The number of halogens is 1. The molecule has 0 saturated carbocycles. The second kappa shape index (κ2) is 10.0. The summed E-state index contributed by atoms with van der Waals surface area (Å²) >= 11 is 0. The lowest BCUT2D eigenvalue weighted by Gasteiger charge is -2.34. The number of amides is 2. The largest absolute Gasteiger partial charge is 0.347 e. The number of Topliss-reactive ketones (excluding diaryl/α,β-unsaturated/α-hetero) is 1. The third-order valence-electron chi connectivity index (χ3n) is 5.18. The van der Waals surface area contributed by atoms with Crippen LogP contribution in [-0.2, 0) is 26.0 Å². The van der Waals surface area contributed by atoms with Crippen molar-refractivity contribution in [1.29, 1.82) is 0 Å². The summed E-state index contributed by atoms with van der Waals surface area (Å²) in [6.07, 6.45) is -0.0422. The minimum atomic E-state index is -3.73. The second-order valence-corrected chi connectivity index (χ2v) is 9.39. The molecule has 2 amide bonds. The van der Waals surface area contributed by atoms with Crippen molar-refractivity contribution in [3.63, 3.8) is 0 Å². The van der Waals surface area contributed by atoms with Gasteiger partial charge in [0.1, 0.15) is 5.82 Å². The van der Waals surface area contributed by atoms with E-state index in [4.69, 9.17) is 0 Å². The SMILES string of the molecule is CC(=O)c1ccc(S(=O)(=O)N2CCN(C(=O)CNC(=O)Cc3cccc(F)c3)CC2)cc1. The smallest absolute Gasteiger partial charge is 0.243 e. The van der Waals surface area contributed by atoms with Crippen LogP contribution in [0, 0.1) is 5.82 Å². The van der Waals surface area contributed by atoms with E-state index in [1.165, 1.54) is 58.6 Å². The topological polar surface area (TPSA) is 104 Å². The summed E-state index contributed by atoms with van der Waals surface area (Å²) in [5.41, 5.74) is 0.934. The molecule has 2 aromatic carbocycles. The minimum Gasteiger partial charge on any atom is -0.347 e. The summed E-state index contributed by atoms with van der Waals surface area (Å²) in [7, 11) is -3.73. The number of ketones is 1. The number of nitrogens with one attached hydrogen (secondary N) is 1. The Bertz CT molecular complexity index is 1110. The van der Waals surface area contributed by atoms with Gasteiger partial charge >= 0.3 is 0 Å². The van der Waals surface area contributed by atoms with Gasteiger partial charge in [0.15, 0.2) is 5.78 Å². The van der Waals surface area contributed by atoms with Gasteiger partial charge in [-0.1, -0.05) is 24.3 Å². The number of carbonyl (C=O) groups is 3. The molecule has 170 valence electrons. The van der Waals surface area contributed by atoms with E-state index < -0.39 is 21.7 Å². The fourth-order valence-corrected chi connectivity index (χ4v) is 4.79. The van der Waals surface area contributed by atoms with Crippen LogP contribution in [0.3, 0.4) is 0 Å². The van der Waals surface area contributed by atoms with Gasteiger partial charge in [-0.2, -0.15) is 4.31 Å². The van der Waals surface area contributed by atoms with Gasteiger partial charge in [-0.3, -0.25) is 14.4 Å². The van der Waals surface area contributed by atoms with Gasteiger partial charge in [0.2, 0.25) is 21.8 Å². The number of rotatable bonds is 7. The molecule has 0 bridgehead atoms. The van der Waals surface area contributed by atoms with Gasteiger partial charge in [0.25, 0.3) is 0 Å². The predicted molar refractivity (Wildman–Crippen MR) is 115 cm³/mol. The number of piperazine rings is 1. The normalized spacial score (nSPS) is 14.8. The van der Waals surface area contributed by atoms with Crippen LogP contribution in [-0.4, -0.2) is 67.9 Å². The van der Waals surface area contributed by atoms with Crippen LogP contribution in [0.2, 0.25) is 0 Å². The standard InChI is InChI=1S/C22H24FN3O5S/c1-16(27)18-5-7-20(8-6-18)32(30,31)26-11-9-25(10-12-26)22(29)15-24-21(28)14-17-3-2-4-19(23)13-17/h2-8,13H,9-12,14-15H2,1H3,(H,24,28). The lowest BCUT2D eigenvalue weighted by Crippen LogP contribution is -2.52. The minimum absolute atomic E-state index is 0.0422. The number of hydrogen-bond acceptors (Lipinski definition) is 5. The number of carbonyl (C=O) groups excluding carboxylic acids is 3. The molecule has 1 N–H and O–H groups in total. The van der Waals surface area contributed by atoms with Crippen LogP contribution >= 0.6 is 0 Å². The Kier molecular flexibility index (Phi) is 7.37. The Morgan fingerprint density at radius 1 is 1.00 bits per heavy atom. The molecule has 2 aromatic rings. The first-order chi connectivity index (χ1) is 15.2. The molecular weight excluding hydrogens is 437 g/mol. The lowest BCUT2D eigenvalue weighted by molar-refractivity contribution is -0.133. The highest BCUT2D eigenvalue weighted by molar-refractivity contribution is 7.89. The second-order valence-electron chi connectivity index (χ2n) is 7.45. The van der Waals surface area contributed by atoms with E-state index in [0.29, 0.717) is 11.1 Å². The van der Waals surface area contributed by atoms with Crippen LogP contribution in [0.25, 0.3) is 0 Å². The van der Waals surface area contributed by atoms with E-state index in [1.807, 2.05) is 0 Å². The Hall–Kier alpha value is -3.11. The van der Waals surface area contributed by atoms with E-state index in [9.17, 15) is 27.2 Å². The van der Waals surface area contributed by atoms with Crippen LogP contribution in [0.1, 0.15) is 22.8 Å². The third kappa shape index (κ3) is 5.77. The van der Waals surface area contributed by atoms with E-state index in [2.05, 4.69) is 5.32 Å². The maximum Gasteiger partial charge on any atom is 0.243 e. The zero-order valence-electron chi connectivity index (χ0n) is 17.6. The highest BCUT2D eigenvalue weighted by Gasteiger charge is 2.30. The maximum absolute atomic E-state index is 13.2. The van der Waals surface area contributed by atoms with E-state index in [0.717, 1.165) is 0 Å². The molecule has 1 aliphatic rings. The maximum atomic E-state index is 13.2. The van der Waals surface area contributed by atoms with Crippen LogP contribution in [0.15, 0.2) is 53.4 Å². The summed E-state index contributed by atoms with van der Waals surface area (Å²) in [6, 6.07) is 11.4. The highest BCUT2D eigenvalue weighted by Crippen LogP contribution is 2.18. The summed E-state index contributed by atoms with van der Waals surface area (Å²) in [4.78, 5) is 37.3. The molecule has 10 heteroatoms. The molecule has 3 rings (SSSR count). The lowest BCUT2D eigenvalue weighted by atomic mass is 10.1. The molecule has 0 spiro atoms. The van der Waals surface area contributed by atoms with E-state index in [1.54, 1.807) is 6.07 Å². The van der Waals surface area contributed by atoms with Gasteiger partial charge < -0.3 is 10.2 Å². The van der Waals surface area contributed by atoms with Crippen molar-refractivity contribution in [2.75, 3.05) is 32.7 Å². The monoisotopic (exact) mass is 461 g/mol. The summed E-state index contributed by atoms with van der Waals surface area (Å²) in [5.74, 6) is -1.31. The van der Waals surface area contributed by atoms with Gasteiger partial charge in [-0.15, -0.1) is 0 Å². The number of hydrogen-bond donors (Lipinski definition) is 1. The molecule has 1 saturated heterocycles. The summed E-state index contributed by atoms with van der Waals surface area (Å²) in [6.45, 7) is 1.84. The van der Waals surface area contributed by atoms with E-state index in [-0.39, 0.29) is 55.7 Å². The Morgan fingerprint density at radius 3 is 2.25 bits per heavy atom. The van der Waals surface area contributed by atoms with Crippen molar-refractivity contribution in [1.82, 2.24) is 14.5 Å². The molecule has 1 heterocycles. The van der Waals surface area contributed by atoms with E-state index >= 15 is 0 Å². The van der Waals surface area contributed by atoms with Crippen LogP contribution in [0.5, 0.6) is 0 Å². The Balaban J connectivity index is 1.49. The molecule has 0 aliphatic carbocycles. The van der Waals surface area contributed by atoms with Crippen molar-refractivity contribution in [3.8, 4) is 0 Å². The van der Waals surface area contributed by atoms with Gasteiger partial charge in [0, 0.05) is 31.7 Å². The number of nitrogens with zero attached hydrogens (tertiary/aromatic N) is 2. The third-order valence-corrected chi connectivity index (χ3v) is 7.09. The number of sulfonamides is 1. The average molecular weight is 462 g/mol. The van der Waals surface area contributed by atoms with Crippen molar-refractivity contribution in [3.05, 3.63) is 65.5 Å². The molecule has 32 heavy (non-hydrogen) atoms. The van der Waals surface area contributed by atoms with Crippen molar-refractivity contribution in [2.24, 2.45) is 0 Å². The average Bonchev–Trinajstić information content (AvgIpc) is 2.77. The molecular formula is C22H24FN3O5S. The quantitative estimate of drug-likeness (QED) is 0.625. The molecule has 0 unspecified atom stereocenters. The molecule has 1 aliphatic heterocycles. The first-order valence-corrected chi connectivity index (χ1v) is 11.5. The van der Waals surface area contributed by atoms with Crippen LogP contribution in [0.4, 0.5) is 4.39 Å². The molecule has 0 aromatic heterocycles. The Labute approximate surface area is 186 Å². The van der Waals surface area contributed by atoms with Crippen molar-refractivity contribution in [2.45, 2.75) is 18.2 Å². The van der Waals surface area contributed by atoms with Crippen LogP contribution < -0.4 is 5.32 Å². The fourth-order valence-electron chi connectivity index (χ4n) is 3.37. The fraction of sp³-hybridized carbons (Fsp3) is 0.318. The first-order valence-electron chi connectivity index (χ1n) is 10.1. The van der Waals surface area contributed by atoms with Gasteiger partial charge in [-0.25, -0.2) is 12.8 Å². The molecule has 0 atom stereocenters. The molecule has 1 fully saturated rings. The predicted octanol–water partition coefficient (Wildman–Crippen LogP) is 1.22.